The van der Waals surface area contributed by atoms with E-state index in [9.17, 15) is 9.90 Å². The van der Waals surface area contributed by atoms with E-state index in [1.807, 2.05) is 0 Å². The van der Waals surface area contributed by atoms with Crippen molar-refractivity contribution in [2.75, 3.05) is 25.2 Å². The highest BCUT2D eigenvalue weighted by molar-refractivity contribution is 7.99. The molecule has 94 valence electrons. The first kappa shape index (κ1) is 13.8. The lowest BCUT2D eigenvalue weighted by molar-refractivity contribution is 0.0601. The SMILES string of the molecule is COC(=O)c1ccnc(SCC(O)CO)c1N. The van der Waals surface area contributed by atoms with Crippen LogP contribution in [0.4, 0.5) is 5.69 Å². The zero-order chi connectivity index (χ0) is 12.8. The molecule has 4 N–H and O–H groups in total. The van der Waals surface area contributed by atoms with Gasteiger partial charge in [0.25, 0.3) is 0 Å². The molecule has 1 rings (SSSR count). The first-order chi connectivity index (χ1) is 8.10. The smallest absolute Gasteiger partial charge is 0.340 e. The van der Waals surface area contributed by atoms with Gasteiger partial charge in [0.2, 0.25) is 0 Å². The van der Waals surface area contributed by atoms with Gasteiger partial charge < -0.3 is 20.7 Å². The largest absolute Gasteiger partial charge is 0.465 e. The summed E-state index contributed by atoms with van der Waals surface area (Å²) in [5, 5.41) is 18.3. The number of ether oxygens (including phenoxy) is 1. The molecule has 1 aromatic heterocycles. The number of aliphatic hydroxyl groups excluding tert-OH is 2. The minimum absolute atomic E-state index is 0.217. The van der Waals surface area contributed by atoms with E-state index in [-0.39, 0.29) is 23.6 Å². The lowest BCUT2D eigenvalue weighted by atomic mass is 10.2. The van der Waals surface area contributed by atoms with E-state index in [4.69, 9.17) is 10.8 Å². The molecule has 0 aliphatic carbocycles. The highest BCUT2D eigenvalue weighted by Crippen LogP contribution is 2.26. The number of aromatic nitrogens is 1. The van der Waals surface area contributed by atoms with Gasteiger partial charge in [0, 0.05) is 11.9 Å². The summed E-state index contributed by atoms with van der Waals surface area (Å²) in [4.78, 5) is 15.4. The second-order valence-electron chi connectivity index (χ2n) is 3.22. The number of rotatable bonds is 5. The molecule has 1 aromatic rings. The topological polar surface area (TPSA) is 106 Å². The number of hydrogen-bond acceptors (Lipinski definition) is 7. The van der Waals surface area contributed by atoms with Crippen LogP contribution in [0.3, 0.4) is 0 Å². The van der Waals surface area contributed by atoms with Crippen LogP contribution in [0.5, 0.6) is 0 Å². The van der Waals surface area contributed by atoms with Crippen molar-refractivity contribution < 1.29 is 19.7 Å². The standard InChI is InChI=1S/C10H14N2O4S/c1-16-10(15)7-2-3-12-9(8(7)11)17-5-6(14)4-13/h2-3,6,13-14H,4-5,11H2,1H3. The second-order valence-corrected chi connectivity index (χ2v) is 4.23. The molecule has 1 heterocycles. The van der Waals surface area contributed by atoms with Crippen LogP contribution in [0.15, 0.2) is 17.3 Å². The molecule has 1 unspecified atom stereocenters. The minimum atomic E-state index is -0.844. The molecule has 0 fully saturated rings. The molecular weight excluding hydrogens is 244 g/mol. The van der Waals surface area contributed by atoms with Gasteiger partial charge in [-0.25, -0.2) is 9.78 Å². The zero-order valence-electron chi connectivity index (χ0n) is 9.29. The molecule has 0 aliphatic rings. The van der Waals surface area contributed by atoms with Gasteiger partial charge in [0.05, 0.1) is 31.1 Å². The van der Waals surface area contributed by atoms with E-state index in [2.05, 4.69) is 9.72 Å². The zero-order valence-corrected chi connectivity index (χ0v) is 10.1. The molecule has 0 aromatic carbocycles. The molecule has 6 nitrogen and oxygen atoms in total. The number of nitrogens with two attached hydrogens (primary N) is 1. The van der Waals surface area contributed by atoms with Crippen LogP contribution in [-0.2, 0) is 4.74 Å². The quantitative estimate of drug-likeness (QED) is 0.500. The predicted molar refractivity (Wildman–Crippen MR) is 63.8 cm³/mol. The van der Waals surface area contributed by atoms with Crippen molar-refractivity contribution in [2.24, 2.45) is 0 Å². The van der Waals surface area contributed by atoms with Crippen LogP contribution in [0.25, 0.3) is 0 Å². The van der Waals surface area contributed by atoms with Crippen LogP contribution < -0.4 is 5.73 Å². The van der Waals surface area contributed by atoms with Gasteiger partial charge in [-0.15, -0.1) is 11.8 Å². The summed E-state index contributed by atoms with van der Waals surface area (Å²) < 4.78 is 4.57. The molecule has 0 saturated carbocycles. The highest BCUT2D eigenvalue weighted by atomic mass is 32.2. The van der Waals surface area contributed by atoms with Gasteiger partial charge in [-0.1, -0.05) is 0 Å². The van der Waals surface area contributed by atoms with Gasteiger partial charge in [0.1, 0.15) is 5.03 Å². The Morgan fingerprint density at radius 2 is 2.41 bits per heavy atom. The van der Waals surface area contributed by atoms with Gasteiger partial charge in [-0.3, -0.25) is 0 Å². The number of aliphatic hydroxyl groups is 2. The molecular formula is C10H14N2O4S. The van der Waals surface area contributed by atoms with Gasteiger partial charge in [0.15, 0.2) is 0 Å². The number of carbonyl (C=O) groups excluding carboxylic acids is 1. The highest BCUT2D eigenvalue weighted by Gasteiger charge is 2.15. The molecule has 7 heteroatoms. The van der Waals surface area contributed by atoms with Gasteiger partial charge >= 0.3 is 5.97 Å². The van der Waals surface area contributed by atoms with E-state index >= 15 is 0 Å². The summed E-state index contributed by atoms with van der Waals surface area (Å²) in [6, 6.07) is 1.47. The molecule has 17 heavy (non-hydrogen) atoms. The lowest BCUT2D eigenvalue weighted by Crippen LogP contribution is -2.15. The summed E-state index contributed by atoms with van der Waals surface area (Å²) in [7, 11) is 1.27. The number of nitrogen functional groups attached to an aromatic ring is 1. The molecule has 1 atom stereocenters. The summed E-state index contributed by atoms with van der Waals surface area (Å²) in [5.74, 6) is -0.285. The van der Waals surface area contributed by atoms with E-state index in [0.717, 1.165) is 0 Å². The fourth-order valence-corrected chi connectivity index (χ4v) is 1.94. The monoisotopic (exact) mass is 258 g/mol. The average Bonchev–Trinajstić information content (AvgIpc) is 2.36. The number of thioether (sulfide) groups is 1. The number of nitrogens with zero attached hydrogens (tertiary/aromatic N) is 1. The van der Waals surface area contributed by atoms with E-state index in [1.165, 1.54) is 31.1 Å². The maximum atomic E-state index is 11.4. The summed E-state index contributed by atoms with van der Waals surface area (Å²) >= 11 is 1.17. The Morgan fingerprint density at radius 3 is 3.00 bits per heavy atom. The summed E-state index contributed by atoms with van der Waals surface area (Å²) in [6.45, 7) is -0.330. The average molecular weight is 258 g/mol. The summed E-state index contributed by atoms with van der Waals surface area (Å²) in [6.07, 6.45) is 0.596. The van der Waals surface area contributed by atoms with Crippen molar-refractivity contribution in [3.05, 3.63) is 17.8 Å². The Hall–Kier alpha value is -1.31. The van der Waals surface area contributed by atoms with E-state index < -0.39 is 12.1 Å². The normalized spacial score (nSPS) is 12.2. The first-order valence-electron chi connectivity index (χ1n) is 4.84. The van der Waals surface area contributed by atoms with Crippen LogP contribution in [-0.4, -0.2) is 46.7 Å². The Bertz CT molecular complexity index is 400. The van der Waals surface area contributed by atoms with Gasteiger partial charge in [-0.05, 0) is 6.07 Å². The number of carbonyl (C=O) groups is 1. The molecule has 0 bridgehead atoms. The maximum absolute atomic E-state index is 11.4. The van der Waals surface area contributed by atoms with Crippen molar-refractivity contribution >= 4 is 23.4 Å². The molecule has 0 saturated heterocycles. The van der Waals surface area contributed by atoms with Crippen LogP contribution >= 0.6 is 11.8 Å². The number of pyridine rings is 1. The fourth-order valence-electron chi connectivity index (χ4n) is 1.08. The lowest BCUT2D eigenvalue weighted by Gasteiger charge is -2.09. The number of hydrogen-bond donors (Lipinski definition) is 3. The first-order valence-corrected chi connectivity index (χ1v) is 5.83. The third-order valence-corrected chi connectivity index (χ3v) is 3.13. The Balaban J connectivity index is 2.83. The minimum Gasteiger partial charge on any atom is -0.465 e. The molecule has 0 amide bonds. The number of esters is 1. The molecule has 0 aliphatic heterocycles. The third kappa shape index (κ3) is 3.58. The summed E-state index contributed by atoms with van der Waals surface area (Å²) in [5.41, 5.74) is 6.22. The Kier molecular flexibility index (Phi) is 5.20. The second kappa shape index (κ2) is 6.43. The number of methoxy groups -OCH3 is 1. The van der Waals surface area contributed by atoms with Crippen LogP contribution in [0.1, 0.15) is 10.4 Å². The molecule has 0 spiro atoms. The van der Waals surface area contributed by atoms with Crippen molar-refractivity contribution in [3.63, 3.8) is 0 Å². The third-order valence-electron chi connectivity index (χ3n) is 1.98. The Morgan fingerprint density at radius 1 is 1.71 bits per heavy atom. The van der Waals surface area contributed by atoms with Crippen molar-refractivity contribution in [2.45, 2.75) is 11.1 Å². The van der Waals surface area contributed by atoms with Crippen LogP contribution in [0.2, 0.25) is 0 Å². The number of anilines is 1. The van der Waals surface area contributed by atoms with E-state index in [0.29, 0.717) is 5.03 Å². The van der Waals surface area contributed by atoms with E-state index in [1.54, 1.807) is 0 Å². The Labute approximate surface area is 103 Å². The van der Waals surface area contributed by atoms with Gasteiger partial charge in [-0.2, -0.15) is 0 Å². The predicted octanol–water partition coefficient (Wildman–Crippen LogP) is -0.104. The van der Waals surface area contributed by atoms with Crippen molar-refractivity contribution in [3.8, 4) is 0 Å². The maximum Gasteiger partial charge on any atom is 0.340 e. The van der Waals surface area contributed by atoms with Crippen LogP contribution in [0, 0.1) is 0 Å². The molecule has 0 radical (unpaired) electrons. The van der Waals surface area contributed by atoms with Crippen molar-refractivity contribution in [1.29, 1.82) is 0 Å². The fraction of sp³-hybridized carbons (Fsp3) is 0.400. The van der Waals surface area contributed by atoms with Crippen molar-refractivity contribution in [1.82, 2.24) is 4.98 Å².